The number of aromatic carboxylic acids is 1. The zero-order chi connectivity index (χ0) is 16.2. The third-order valence-electron chi connectivity index (χ3n) is 3.50. The van der Waals surface area contributed by atoms with E-state index in [0.717, 1.165) is 16.6 Å². The summed E-state index contributed by atoms with van der Waals surface area (Å²) in [5.74, 6) is -0.258. The van der Waals surface area contributed by atoms with E-state index in [1.54, 1.807) is 24.3 Å². The second-order valence-electron chi connectivity index (χ2n) is 4.96. The number of rotatable bonds is 4. The van der Waals surface area contributed by atoms with Crippen LogP contribution in [0.3, 0.4) is 0 Å². The standard InChI is InChI=1S/C18H13N3O2/c19-11-12-21-16-4-2-1-3-15(16)20-17(21)10-7-13-5-8-14(9-6-13)18(22)23/h1-10H,12H2,(H,22,23). The SMILES string of the molecule is N#CCn1c(C=Cc2ccc(C(=O)O)cc2)nc2ccccc21. The highest BCUT2D eigenvalue weighted by atomic mass is 16.4. The molecule has 0 spiro atoms. The summed E-state index contributed by atoms with van der Waals surface area (Å²) in [6.45, 7) is 0.220. The number of hydrogen-bond donors (Lipinski definition) is 1. The maximum absolute atomic E-state index is 10.8. The van der Waals surface area contributed by atoms with Crippen molar-refractivity contribution in [1.29, 1.82) is 5.26 Å². The Morgan fingerprint density at radius 1 is 1.17 bits per heavy atom. The van der Waals surface area contributed by atoms with Crippen LogP contribution in [0.25, 0.3) is 23.2 Å². The van der Waals surface area contributed by atoms with E-state index in [9.17, 15) is 4.79 Å². The van der Waals surface area contributed by atoms with Crippen LogP contribution in [0.15, 0.2) is 48.5 Å². The third kappa shape index (κ3) is 2.97. The van der Waals surface area contributed by atoms with Crippen molar-refractivity contribution in [3.63, 3.8) is 0 Å². The van der Waals surface area contributed by atoms with Gasteiger partial charge in [-0.05, 0) is 35.9 Å². The number of nitriles is 1. The fourth-order valence-electron chi connectivity index (χ4n) is 2.37. The molecule has 0 bridgehead atoms. The summed E-state index contributed by atoms with van der Waals surface area (Å²) in [6.07, 6.45) is 3.67. The molecular formula is C18H13N3O2. The van der Waals surface area contributed by atoms with Gasteiger partial charge in [0.05, 0.1) is 22.7 Å². The van der Waals surface area contributed by atoms with E-state index in [1.165, 1.54) is 0 Å². The Morgan fingerprint density at radius 3 is 2.61 bits per heavy atom. The van der Waals surface area contributed by atoms with Crippen LogP contribution in [0, 0.1) is 11.3 Å². The average molecular weight is 303 g/mol. The molecular weight excluding hydrogens is 290 g/mol. The van der Waals surface area contributed by atoms with Gasteiger partial charge in [-0.1, -0.05) is 30.3 Å². The molecule has 0 radical (unpaired) electrons. The average Bonchev–Trinajstić information content (AvgIpc) is 2.92. The van der Waals surface area contributed by atoms with Crippen LogP contribution < -0.4 is 0 Å². The fourth-order valence-corrected chi connectivity index (χ4v) is 2.37. The first-order valence-electron chi connectivity index (χ1n) is 7.02. The molecule has 0 fully saturated rings. The third-order valence-corrected chi connectivity index (χ3v) is 3.50. The minimum Gasteiger partial charge on any atom is -0.478 e. The van der Waals surface area contributed by atoms with Gasteiger partial charge in [0.25, 0.3) is 0 Å². The largest absolute Gasteiger partial charge is 0.478 e. The van der Waals surface area contributed by atoms with E-state index in [4.69, 9.17) is 10.4 Å². The zero-order valence-electron chi connectivity index (χ0n) is 12.2. The van der Waals surface area contributed by atoms with Gasteiger partial charge in [-0.25, -0.2) is 9.78 Å². The number of aromatic nitrogens is 2. The van der Waals surface area contributed by atoms with Gasteiger partial charge in [-0.3, -0.25) is 0 Å². The summed E-state index contributed by atoms with van der Waals surface area (Å²) < 4.78 is 1.84. The summed E-state index contributed by atoms with van der Waals surface area (Å²) in [5, 5.41) is 17.9. The highest BCUT2D eigenvalue weighted by molar-refractivity contribution is 5.88. The van der Waals surface area contributed by atoms with Gasteiger partial charge in [0.2, 0.25) is 0 Å². The second kappa shape index (κ2) is 6.16. The number of para-hydroxylation sites is 2. The Morgan fingerprint density at radius 2 is 1.91 bits per heavy atom. The van der Waals surface area contributed by atoms with Crippen molar-refractivity contribution >= 4 is 29.2 Å². The molecule has 5 heteroatoms. The lowest BCUT2D eigenvalue weighted by Gasteiger charge is -2.00. The molecule has 1 N–H and O–H groups in total. The van der Waals surface area contributed by atoms with Crippen LogP contribution in [0.4, 0.5) is 0 Å². The first-order chi connectivity index (χ1) is 11.2. The molecule has 0 aliphatic heterocycles. The molecule has 1 aromatic heterocycles. The maximum atomic E-state index is 10.8. The number of nitrogens with zero attached hydrogens (tertiary/aromatic N) is 3. The molecule has 5 nitrogen and oxygen atoms in total. The first-order valence-corrected chi connectivity index (χ1v) is 7.02. The van der Waals surface area contributed by atoms with Gasteiger partial charge < -0.3 is 9.67 Å². The monoisotopic (exact) mass is 303 g/mol. The lowest BCUT2D eigenvalue weighted by atomic mass is 10.1. The molecule has 0 aliphatic carbocycles. The summed E-state index contributed by atoms with van der Waals surface area (Å²) >= 11 is 0. The molecule has 0 atom stereocenters. The van der Waals surface area contributed by atoms with Crippen molar-refractivity contribution < 1.29 is 9.90 Å². The molecule has 2 aromatic carbocycles. The fraction of sp³-hybridized carbons (Fsp3) is 0.0556. The Kier molecular flexibility index (Phi) is 3.89. The summed E-state index contributed by atoms with van der Waals surface area (Å²) in [4.78, 5) is 15.4. The highest BCUT2D eigenvalue weighted by Gasteiger charge is 2.07. The van der Waals surface area contributed by atoms with Gasteiger partial charge in [-0.15, -0.1) is 0 Å². The molecule has 23 heavy (non-hydrogen) atoms. The van der Waals surface area contributed by atoms with Crippen molar-refractivity contribution in [3.05, 3.63) is 65.5 Å². The van der Waals surface area contributed by atoms with Gasteiger partial charge in [0, 0.05) is 0 Å². The molecule has 0 saturated carbocycles. The van der Waals surface area contributed by atoms with Crippen molar-refractivity contribution in [1.82, 2.24) is 9.55 Å². The number of carboxylic acid groups (broad SMARTS) is 1. The molecule has 0 saturated heterocycles. The Labute approximate surface area is 132 Å². The smallest absolute Gasteiger partial charge is 0.335 e. The van der Waals surface area contributed by atoms with Crippen LogP contribution in [0.5, 0.6) is 0 Å². The second-order valence-corrected chi connectivity index (χ2v) is 4.96. The topological polar surface area (TPSA) is 78.9 Å². The number of carbonyl (C=O) groups is 1. The Balaban J connectivity index is 1.95. The van der Waals surface area contributed by atoms with E-state index in [0.29, 0.717) is 5.82 Å². The minimum atomic E-state index is -0.948. The summed E-state index contributed by atoms with van der Waals surface area (Å²) in [7, 11) is 0. The Bertz CT molecular complexity index is 931. The normalized spacial score (nSPS) is 10.9. The van der Waals surface area contributed by atoms with Gasteiger partial charge in [-0.2, -0.15) is 5.26 Å². The molecule has 0 unspecified atom stereocenters. The molecule has 3 aromatic rings. The van der Waals surface area contributed by atoms with Gasteiger partial charge >= 0.3 is 5.97 Å². The van der Waals surface area contributed by atoms with E-state index < -0.39 is 5.97 Å². The zero-order valence-corrected chi connectivity index (χ0v) is 12.2. The Hall–Kier alpha value is -3.39. The van der Waals surface area contributed by atoms with Crippen molar-refractivity contribution in [3.8, 4) is 6.07 Å². The van der Waals surface area contributed by atoms with Crippen LogP contribution in [0.1, 0.15) is 21.7 Å². The number of fused-ring (bicyclic) bond motifs is 1. The molecule has 0 amide bonds. The highest BCUT2D eigenvalue weighted by Crippen LogP contribution is 2.18. The van der Waals surface area contributed by atoms with Crippen LogP contribution >= 0.6 is 0 Å². The maximum Gasteiger partial charge on any atom is 0.335 e. The number of carboxylic acids is 1. The molecule has 112 valence electrons. The molecule has 0 aliphatic rings. The minimum absolute atomic E-state index is 0.220. The summed E-state index contributed by atoms with van der Waals surface area (Å²) in [6, 6.07) is 16.4. The number of hydrogen-bond acceptors (Lipinski definition) is 3. The van der Waals surface area contributed by atoms with Gasteiger partial charge in [0.15, 0.2) is 0 Å². The number of benzene rings is 2. The summed E-state index contributed by atoms with van der Waals surface area (Å²) in [5.41, 5.74) is 2.86. The van der Waals surface area contributed by atoms with Crippen molar-refractivity contribution in [2.45, 2.75) is 6.54 Å². The lowest BCUT2D eigenvalue weighted by molar-refractivity contribution is 0.0697. The van der Waals surface area contributed by atoms with Crippen molar-refractivity contribution in [2.24, 2.45) is 0 Å². The van der Waals surface area contributed by atoms with Crippen LogP contribution in [0.2, 0.25) is 0 Å². The van der Waals surface area contributed by atoms with Gasteiger partial charge in [0.1, 0.15) is 12.4 Å². The lowest BCUT2D eigenvalue weighted by Crippen LogP contribution is -1.98. The van der Waals surface area contributed by atoms with Crippen LogP contribution in [-0.2, 0) is 6.54 Å². The van der Waals surface area contributed by atoms with Crippen LogP contribution in [-0.4, -0.2) is 20.6 Å². The van der Waals surface area contributed by atoms with Crippen molar-refractivity contribution in [2.75, 3.05) is 0 Å². The van der Waals surface area contributed by atoms with E-state index >= 15 is 0 Å². The molecule has 1 heterocycles. The predicted octanol–water partition coefficient (Wildman–Crippen LogP) is 3.43. The van der Waals surface area contributed by atoms with E-state index in [1.807, 2.05) is 41.0 Å². The molecule has 3 rings (SSSR count). The van der Waals surface area contributed by atoms with E-state index in [-0.39, 0.29) is 12.1 Å². The van der Waals surface area contributed by atoms with E-state index in [2.05, 4.69) is 11.1 Å². The quantitative estimate of drug-likeness (QED) is 0.801. The first kappa shape index (κ1) is 14.5. The number of imidazole rings is 1. The predicted molar refractivity (Wildman–Crippen MR) is 87.7 cm³/mol.